The summed E-state index contributed by atoms with van der Waals surface area (Å²) in [6, 6.07) is 3.16. The van der Waals surface area contributed by atoms with E-state index in [4.69, 9.17) is 22.1 Å². The van der Waals surface area contributed by atoms with Crippen LogP contribution in [0, 0.1) is 0 Å². The molecular formula is C12H16ClN3O2. The number of carbonyl (C=O) groups excluding carboxylic acids is 1. The second-order valence-corrected chi connectivity index (χ2v) is 4.94. The summed E-state index contributed by atoms with van der Waals surface area (Å²) in [7, 11) is 0. The van der Waals surface area contributed by atoms with Gasteiger partial charge in [0.15, 0.2) is 0 Å². The fourth-order valence-corrected chi connectivity index (χ4v) is 2.29. The Morgan fingerprint density at radius 2 is 2.06 bits per heavy atom. The fraction of sp³-hybridized carbons (Fsp3) is 0.500. The molecule has 0 aromatic carbocycles. The van der Waals surface area contributed by atoms with E-state index in [0.717, 1.165) is 0 Å². The van der Waals surface area contributed by atoms with Crippen molar-refractivity contribution in [2.75, 3.05) is 18.8 Å². The van der Waals surface area contributed by atoms with E-state index in [1.807, 2.05) is 13.8 Å². The highest BCUT2D eigenvalue weighted by molar-refractivity contribution is 6.33. The summed E-state index contributed by atoms with van der Waals surface area (Å²) in [5.41, 5.74) is 5.79. The molecule has 2 rings (SSSR count). The number of pyridine rings is 1. The molecule has 18 heavy (non-hydrogen) atoms. The number of nitrogens with zero attached hydrogens (tertiary/aromatic N) is 2. The summed E-state index contributed by atoms with van der Waals surface area (Å²) in [6.45, 7) is 4.95. The quantitative estimate of drug-likeness (QED) is 0.840. The van der Waals surface area contributed by atoms with Gasteiger partial charge < -0.3 is 15.4 Å². The molecule has 6 heteroatoms. The summed E-state index contributed by atoms with van der Waals surface area (Å²) in [5.74, 6) is 0.0893. The zero-order valence-electron chi connectivity index (χ0n) is 10.4. The van der Waals surface area contributed by atoms with E-state index >= 15 is 0 Å². The third-order valence-electron chi connectivity index (χ3n) is 2.78. The van der Waals surface area contributed by atoms with Gasteiger partial charge in [0.25, 0.3) is 5.91 Å². The summed E-state index contributed by atoms with van der Waals surface area (Å²) in [4.78, 5) is 18.0. The highest BCUT2D eigenvalue weighted by atomic mass is 35.5. The predicted octanol–water partition coefficient (Wildman–Crippen LogP) is 1.57. The Hall–Kier alpha value is -1.33. The smallest absolute Gasteiger partial charge is 0.274 e. The highest BCUT2D eigenvalue weighted by Crippen LogP contribution is 2.19. The molecule has 5 nitrogen and oxygen atoms in total. The van der Waals surface area contributed by atoms with Crippen molar-refractivity contribution < 1.29 is 9.53 Å². The number of ether oxygens (including phenoxy) is 1. The van der Waals surface area contributed by atoms with Gasteiger partial charge in [-0.15, -0.1) is 0 Å². The van der Waals surface area contributed by atoms with E-state index in [1.165, 1.54) is 0 Å². The standard InChI is InChI=1S/C12H16ClN3O2/c1-7-5-16(6-8(2)18-7)12(17)11-9(13)3-4-10(14)15-11/h3-4,7-8H,5-6H2,1-2H3,(H2,14,15). The van der Waals surface area contributed by atoms with Gasteiger partial charge in [-0.1, -0.05) is 11.6 Å². The first-order valence-corrected chi connectivity index (χ1v) is 6.22. The highest BCUT2D eigenvalue weighted by Gasteiger charge is 2.28. The molecule has 1 aromatic heterocycles. The number of nitrogens with two attached hydrogens (primary N) is 1. The number of anilines is 1. The van der Waals surface area contributed by atoms with Crippen LogP contribution in [0.1, 0.15) is 24.3 Å². The van der Waals surface area contributed by atoms with Crippen LogP contribution in [0.2, 0.25) is 5.02 Å². The Kier molecular flexibility index (Phi) is 3.73. The molecule has 2 N–H and O–H groups in total. The number of aromatic nitrogens is 1. The Labute approximate surface area is 111 Å². The van der Waals surface area contributed by atoms with Crippen LogP contribution in [0.25, 0.3) is 0 Å². The van der Waals surface area contributed by atoms with Crippen molar-refractivity contribution in [2.24, 2.45) is 0 Å². The molecule has 2 atom stereocenters. The van der Waals surface area contributed by atoms with Crippen LogP contribution < -0.4 is 5.73 Å². The minimum absolute atomic E-state index is 0.0116. The Morgan fingerprint density at radius 1 is 1.44 bits per heavy atom. The summed E-state index contributed by atoms with van der Waals surface area (Å²) in [5, 5.41) is 0.320. The topological polar surface area (TPSA) is 68.5 Å². The van der Waals surface area contributed by atoms with Crippen molar-refractivity contribution in [3.05, 3.63) is 22.8 Å². The molecule has 0 spiro atoms. The van der Waals surface area contributed by atoms with Crippen molar-refractivity contribution in [3.63, 3.8) is 0 Å². The number of halogens is 1. The molecule has 1 aliphatic rings. The van der Waals surface area contributed by atoms with Crippen LogP contribution in [-0.4, -0.2) is 41.1 Å². The average molecular weight is 270 g/mol. The van der Waals surface area contributed by atoms with Crippen molar-refractivity contribution in [1.29, 1.82) is 0 Å². The fourth-order valence-electron chi connectivity index (χ4n) is 2.10. The first-order valence-electron chi connectivity index (χ1n) is 5.84. The van der Waals surface area contributed by atoms with Crippen molar-refractivity contribution >= 4 is 23.3 Å². The lowest BCUT2D eigenvalue weighted by Crippen LogP contribution is -2.48. The zero-order valence-corrected chi connectivity index (χ0v) is 11.1. The lowest BCUT2D eigenvalue weighted by atomic mass is 10.2. The molecule has 1 aliphatic heterocycles. The van der Waals surface area contributed by atoms with Crippen LogP contribution in [0.5, 0.6) is 0 Å². The summed E-state index contributed by atoms with van der Waals surface area (Å²) < 4.78 is 5.58. The lowest BCUT2D eigenvalue weighted by Gasteiger charge is -2.35. The van der Waals surface area contributed by atoms with Crippen LogP contribution in [-0.2, 0) is 4.74 Å². The van der Waals surface area contributed by atoms with Crippen molar-refractivity contribution in [1.82, 2.24) is 9.88 Å². The van der Waals surface area contributed by atoms with Crippen LogP contribution >= 0.6 is 11.6 Å². The van der Waals surface area contributed by atoms with Crippen molar-refractivity contribution in [2.45, 2.75) is 26.1 Å². The van der Waals surface area contributed by atoms with E-state index in [2.05, 4.69) is 4.98 Å². The van der Waals surface area contributed by atoms with Crippen LogP contribution in [0.4, 0.5) is 5.82 Å². The maximum absolute atomic E-state index is 12.3. The number of nitrogen functional groups attached to an aromatic ring is 1. The monoisotopic (exact) mass is 269 g/mol. The molecule has 1 amide bonds. The van der Waals surface area contributed by atoms with Crippen molar-refractivity contribution in [3.8, 4) is 0 Å². The van der Waals surface area contributed by atoms with Crippen LogP contribution in [0.15, 0.2) is 12.1 Å². The van der Waals surface area contributed by atoms with Gasteiger partial charge in [0.1, 0.15) is 11.5 Å². The number of rotatable bonds is 1. The lowest BCUT2D eigenvalue weighted by molar-refractivity contribution is -0.0587. The molecule has 1 fully saturated rings. The summed E-state index contributed by atoms with van der Waals surface area (Å²) >= 11 is 5.99. The van der Waals surface area contributed by atoms with Gasteiger partial charge in [-0.05, 0) is 26.0 Å². The number of carbonyl (C=O) groups is 1. The Balaban J connectivity index is 2.22. The van der Waals surface area contributed by atoms with E-state index in [1.54, 1.807) is 17.0 Å². The predicted molar refractivity (Wildman–Crippen MR) is 69.6 cm³/mol. The molecule has 0 saturated carbocycles. The van der Waals surface area contributed by atoms with Gasteiger partial charge in [0.05, 0.1) is 17.2 Å². The van der Waals surface area contributed by atoms with Gasteiger partial charge in [-0.3, -0.25) is 4.79 Å². The Morgan fingerprint density at radius 3 is 2.67 bits per heavy atom. The number of amides is 1. The minimum atomic E-state index is -0.200. The van der Waals surface area contributed by atoms with Gasteiger partial charge in [-0.25, -0.2) is 4.98 Å². The van der Waals surface area contributed by atoms with Gasteiger partial charge >= 0.3 is 0 Å². The SMILES string of the molecule is CC1CN(C(=O)c2nc(N)ccc2Cl)CC(C)O1. The average Bonchev–Trinajstić information content (AvgIpc) is 2.30. The normalized spacial score (nSPS) is 24.1. The molecule has 1 aromatic rings. The zero-order chi connectivity index (χ0) is 13.3. The first kappa shape index (κ1) is 13.1. The van der Waals surface area contributed by atoms with Crippen LogP contribution in [0.3, 0.4) is 0 Å². The molecule has 2 unspecified atom stereocenters. The van der Waals surface area contributed by atoms with Gasteiger partial charge in [0.2, 0.25) is 0 Å². The van der Waals surface area contributed by atoms with Gasteiger partial charge in [0, 0.05) is 13.1 Å². The molecule has 0 aliphatic carbocycles. The maximum atomic E-state index is 12.3. The molecule has 0 bridgehead atoms. The second kappa shape index (κ2) is 5.12. The van der Waals surface area contributed by atoms with Gasteiger partial charge in [-0.2, -0.15) is 0 Å². The van der Waals surface area contributed by atoms with E-state index in [9.17, 15) is 4.79 Å². The van der Waals surface area contributed by atoms with E-state index < -0.39 is 0 Å². The largest absolute Gasteiger partial charge is 0.384 e. The molecule has 2 heterocycles. The number of hydrogen-bond donors (Lipinski definition) is 1. The molecule has 1 saturated heterocycles. The maximum Gasteiger partial charge on any atom is 0.274 e. The number of hydrogen-bond acceptors (Lipinski definition) is 4. The second-order valence-electron chi connectivity index (χ2n) is 4.53. The molecular weight excluding hydrogens is 254 g/mol. The third kappa shape index (κ3) is 2.73. The number of morpholine rings is 1. The minimum Gasteiger partial charge on any atom is -0.384 e. The molecule has 98 valence electrons. The Bertz CT molecular complexity index is 457. The third-order valence-corrected chi connectivity index (χ3v) is 3.08. The van der Waals surface area contributed by atoms with E-state index in [0.29, 0.717) is 18.1 Å². The first-order chi connectivity index (χ1) is 8.47. The summed E-state index contributed by atoms with van der Waals surface area (Å²) in [6.07, 6.45) is 0.0232. The molecule has 0 radical (unpaired) electrons. The van der Waals surface area contributed by atoms with E-state index in [-0.39, 0.29) is 29.6 Å².